The Balaban J connectivity index is 0. The summed E-state index contributed by atoms with van der Waals surface area (Å²) in [7, 11) is 0. The second-order valence-corrected chi connectivity index (χ2v) is 11.7. The van der Waals surface area contributed by atoms with E-state index in [1.807, 2.05) is 0 Å². The fourth-order valence-corrected chi connectivity index (χ4v) is 4.36. The van der Waals surface area contributed by atoms with E-state index in [-0.39, 0.29) is 31.8 Å². The molecule has 0 rings (SSSR count). The molecule has 0 spiro atoms. The van der Waals surface area contributed by atoms with E-state index in [1.165, 1.54) is 20.8 Å². The molecule has 7 atom stereocenters. The van der Waals surface area contributed by atoms with E-state index in [0.29, 0.717) is 25.8 Å². The lowest BCUT2D eigenvalue weighted by Gasteiger charge is -2.29. The number of hydrogen-bond acceptors (Lipinski definition) is 11. The van der Waals surface area contributed by atoms with Gasteiger partial charge < -0.3 is 53.6 Å². The van der Waals surface area contributed by atoms with Gasteiger partial charge in [0.1, 0.15) is 24.2 Å². The first-order chi connectivity index (χ1) is 22.9. The summed E-state index contributed by atoms with van der Waals surface area (Å²) in [6.07, 6.45) is -0.915. The van der Waals surface area contributed by atoms with Crippen molar-refractivity contribution in [3.8, 4) is 0 Å². The summed E-state index contributed by atoms with van der Waals surface area (Å²) >= 11 is 0. The van der Waals surface area contributed by atoms with Crippen molar-refractivity contribution in [1.29, 1.82) is 0 Å². The first-order valence-electron chi connectivity index (χ1n) is 16.0. The third-order valence-corrected chi connectivity index (χ3v) is 7.41. The van der Waals surface area contributed by atoms with Gasteiger partial charge in [-0.25, -0.2) is 0 Å². The molecule has 0 saturated heterocycles. The first-order valence-corrected chi connectivity index (χ1v) is 16.0. The summed E-state index contributed by atoms with van der Waals surface area (Å²) in [5, 5.41) is 33.3. The quantitative estimate of drug-likeness (QED) is 0.0347. The fraction of sp³-hybridized carbons (Fsp3) is 0.700. The molecule has 7 amide bonds. The maximum absolute atomic E-state index is 13.4. The van der Waals surface area contributed by atoms with Crippen molar-refractivity contribution in [2.75, 3.05) is 13.1 Å². The zero-order valence-electron chi connectivity index (χ0n) is 29.0. The van der Waals surface area contributed by atoms with Crippen molar-refractivity contribution >= 4 is 65.5 Å². The van der Waals surface area contributed by atoms with Crippen molar-refractivity contribution in [1.82, 2.24) is 31.9 Å². The largest absolute Gasteiger partial charge is 0.481 e. The van der Waals surface area contributed by atoms with Gasteiger partial charge in [0, 0.05) is 19.9 Å². The van der Waals surface area contributed by atoms with Crippen molar-refractivity contribution in [3.05, 3.63) is 0 Å². The molecule has 50 heavy (non-hydrogen) atoms. The van der Waals surface area contributed by atoms with Crippen LogP contribution in [0.15, 0.2) is 0 Å². The molecule has 0 aromatic rings. The van der Waals surface area contributed by atoms with Crippen LogP contribution in [0.5, 0.6) is 0 Å². The minimum absolute atomic E-state index is 0. The number of aliphatic hydroxyl groups excluding tert-OH is 1. The van der Waals surface area contributed by atoms with Gasteiger partial charge in [0.25, 0.3) is 5.91 Å². The Morgan fingerprint density at radius 1 is 0.720 bits per heavy atom. The summed E-state index contributed by atoms with van der Waals surface area (Å²) in [5.41, 5.74) is 10.7. The second-order valence-electron chi connectivity index (χ2n) is 11.7. The molecule has 0 fully saturated rings. The van der Waals surface area contributed by atoms with Crippen LogP contribution < -0.4 is 43.4 Å². The predicted molar refractivity (Wildman–Crippen MR) is 181 cm³/mol. The summed E-state index contributed by atoms with van der Waals surface area (Å²) in [4.78, 5) is 111. The Hall–Kier alpha value is -4.36. The molecule has 0 aliphatic rings. The molecule has 19 nitrogen and oxygen atoms in total. The van der Waals surface area contributed by atoms with Crippen LogP contribution in [0.25, 0.3) is 0 Å². The van der Waals surface area contributed by atoms with Gasteiger partial charge in [-0.15, -0.1) is 12.4 Å². The maximum Gasteiger partial charge on any atom is 0.305 e. The number of primary amides is 1. The zero-order chi connectivity index (χ0) is 37.8. The number of carboxylic acids is 1. The third-order valence-electron chi connectivity index (χ3n) is 7.41. The third kappa shape index (κ3) is 18.4. The normalized spacial score (nSPS) is 14.8. The maximum atomic E-state index is 13.4. The molecule has 12 N–H and O–H groups in total. The average Bonchev–Trinajstić information content (AvgIpc) is 3.01. The lowest BCUT2D eigenvalue weighted by molar-refractivity contribution is -0.141. The van der Waals surface area contributed by atoms with Gasteiger partial charge in [-0.3, -0.25) is 43.2 Å². The highest BCUT2D eigenvalue weighted by Crippen LogP contribution is 2.11. The number of rotatable bonds is 24. The summed E-state index contributed by atoms with van der Waals surface area (Å²) in [6, 6.07) is -6.71. The van der Waals surface area contributed by atoms with E-state index in [2.05, 4.69) is 31.9 Å². The molecule has 0 radical (unpaired) electrons. The van der Waals surface area contributed by atoms with Crippen LogP contribution in [0, 0.1) is 5.92 Å². The standard InChI is InChI=1S/C30H52N8O11.ClH/c1-6-15(2)23(37-27(46)20(35-18(5)40)9-7-8-13-31)28(47)38-24(17(4)39)29(48)34-16(3)26(45)36-19(10-11-21(32)41)25(44)30(49)33-14-12-22(42)43;/h15-17,19-20,23-24,39H,6-14,31H2,1-5H3,(H2,32,41)(H,33,49)(H,34,48)(H,35,40)(H,36,45)(H,37,46)(H,38,47)(H,42,43);1H/t15-,16+,17-,19?,20+,23+,24+;/m1./s1. The van der Waals surface area contributed by atoms with E-state index in [1.54, 1.807) is 13.8 Å². The van der Waals surface area contributed by atoms with Crippen LogP contribution in [0.4, 0.5) is 0 Å². The minimum atomic E-state index is -1.62. The number of unbranched alkanes of at least 4 members (excludes halogenated alkanes) is 1. The van der Waals surface area contributed by atoms with E-state index < -0.39 is 108 Å². The van der Waals surface area contributed by atoms with Crippen molar-refractivity contribution in [2.45, 2.75) is 116 Å². The number of aliphatic hydroxyl groups is 1. The molecule has 0 heterocycles. The zero-order valence-corrected chi connectivity index (χ0v) is 29.9. The fourth-order valence-electron chi connectivity index (χ4n) is 4.36. The predicted octanol–water partition coefficient (Wildman–Crippen LogP) is -3.15. The van der Waals surface area contributed by atoms with Gasteiger partial charge in [-0.1, -0.05) is 20.3 Å². The molecule has 0 bridgehead atoms. The number of ketones is 1. The molecule has 0 aliphatic carbocycles. The molecule has 1 unspecified atom stereocenters. The Morgan fingerprint density at radius 3 is 1.80 bits per heavy atom. The van der Waals surface area contributed by atoms with Crippen LogP contribution in [-0.2, 0) is 43.2 Å². The molecule has 0 aromatic heterocycles. The molecule has 286 valence electrons. The number of aliphatic carboxylic acids is 1. The van der Waals surface area contributed by atoms with Gasteiger partial charge in [0.15, 0.2) is 0 Å². The number of hydrogen-bond donors (Lipinski definition) is 10. The molecule has 20 heteroatoms. The highest BCUT2D eigenvalue weighted by atomic mass is 35.5. The van der Waals surface area contributed by atoms with Gasteiger partial charge in [0.2, 0.25) is 41.2 Å². The average molecular weight is 737 g/mol. The smallest absolute Gasteiger partial charge is 0.305 e. The number of amides is 7. The van der Waals surface area contributed by atoms with Gasteiger partial charge in [-0.2, -0.15) is 0 Å². The monoisotopic (exact) mass is 736 g/mol. The highest BCUT2D eigenvalue weighted by molar-refractivity contribution is 6.38. The van der Waals surface area contributed by atoms with Crippen molar-refractivity contribution in [2.24, 2.45) is 17.4 Å². The number of nitrogens with one attached hydrogen (secondary N) is 6. The first kappa shape index (κ1) is 47.8. The lowest BCUT2D eigenvalue weighted by atomic mass is 9.96. The van der Waals surface area contributed by atoms with Crippen LogP contribution in [0.3, 0.4) is 0 Å². The van der Waals surface area contributed by atoms with Crippen molar-refractivity contribution < 1.29 is 53.4 Å². The number of Topliss-reactive ketones (excluding diaryl/α,β-unsaturated/α-hetero) is 1. The van der Waals surface area contributed by atoms with Gasteiger partial charge in [-0.05, 0) is 52.0 Å². The minimum Gasteiger partial charge on any atom is -0.481 e. The summed E-state index contributed by atoms with van der Waals surface area (Å²) < 4.78 is 0. The molecule has 0 aromatic carbocycles. The number of halogens is 1. The van der Waals surface area contributed by atoms with E-state index >= 15 is 0 Å². The van der Waals surface area contributed by atoms with E-state index in [4.69, 9.17) is 16.6 Å². The van der Waals surface area contributed by atoms with E-state index in [9.17, 15) is 48.3 Å². The number of carbonyl (C=O) groups excluding carboxylic acids is 8. The Bertz CT molecular complexity index is 1200. The van der Waals surface area contributed by atoms with Crippen LogP contribution in [-0.4, -0.2) is 113 Å². The van der Waals surface area contributed by atoms with Crippen LogP contribution in [0.2, 0.25) is 0 Å². The molecule has 0 aliphatic heterocycles. The molecular formula is C30H53ClN8O11. The Morgan fingerprint density at radius 2 is 1.30 bits per heavy atom. The van der Waals surface area contributed by atoms with Gasteiger partial charge >= 0.3 is 5.97 Å². The van der Waals surface area contributed by atoms with Gasteiger partial charge in [0.05, 0.1) is 18.6 Å². The Labute approximate surface area is 296 Å². The van der Waals surface area contributed by atoms with Crippen LogP contribution >= 0.6 is 12.4 Å². The molecular weight excluding hydrogens is 684 g/mol. The molecule has 0 saturated carbocycles. The van der Waals surface area contributed by atoms with Crippen molar-refractivity contribution in [3.63, 3.8) is 0 Å². The van der Waals surface area contributed by atoms with Crippen LogP contribution in [0.1, 0.15) is 79.6 Å². The summed E-state index contributed by atoms with van der Waals surface area (Å²) in [5.74, 6) is -8.82. The SMILES string of the molecule is CC[C@@H](C)[C@H](NC(=O)[C@H](CCCCN)NC(C)=O)C(=O)N[C@H](C(=O)N[C@@H](C)C(=O)NC(CCC(N)=O)C(=O)C(=O)NCCC(=O)O)[C@@H](C)O.Cl. The number of carbonyl (C=O) groups is 9. The lowest BCUT2D eigenvalue weighted by Crippen LogP contribution is -2.61. The second kappa shape index (κ2) is 24.7. The topological polar surface area (TPSA) is 318 Å². The number of carboxylic acid groups (broad SMARTS) is 1. The number of nitrogens with two attached hydrogens (primary N) is 2. The van der Waals surface area contributed by atoms with E-state index in [0.717, 1.165) is 0 Å². The summed E-state index contributed by atoms with van der Waals surface area (Å²) in [6.45, 7) is 7.13. The Kier molecular flexibility index (Phi) is 23.6. The highest BCUT2D eigenvalue weighted by Gasteiger charge is 2.35.